The Morgan fingerprint density at radius 2 is 2.06 bits per heavy atom. The second kappa shape index (κ2) is 4.39. The number of hydrogen-bond acceptors (Lipinski definition) is 2. The van der Waals surface area contributed by atoms with Gasteiger partial charge in [0.2, 0.25) is 5.91 Å². The number of benzene rings is 1. The molecule has 3 nitrogen and oxygen atoms in total. The van der Waals surface area contributed by atoms with Gasteiger partial charge in [0.05, 0.1) is 6.10 Å². The molecule has 0 saturated heterocycles. The van der Waals surface area contributed by atoms with E-state index in [1.807, 2.05) is 24.3 Å². The number of nitrogens with one attached hydrogen (secondary N) is 1. The summed E-state index contributed by atoms with van der Waals surface area (Å²) in [6.45, 7) is 1.73. The Hall–Kier alpha value is -1.35. The highest BCUT2D eigenvalue weighted by atomic mass is 16.3. The van der Waals surface area contributed by atoms with Gasteiger partial charge >= 0.3 is 0 Å². The fourth-order valence-electron chi connectivity index (χ4n) is 3.05. The molecule has 96 valence electrons. The minimum atomic E-state index is -0.499. The summed E-state index contributed by atoms with van der Waals surface area (Å²) >= 11 is 0. The van der Waals surface area contributed by atoms with E-state index >= 15 is 0 Å². The second-order valence-electron chi connectivity index (χ2n) is 5.71. The number of hydrogen-bond donors (Lipinski definition) is 2. The molecule has 2 aliphatic rings. The van der Waals surface area contributed by atoms with Crippen LogP contribution in [0.1, 0.15) is 37.9 Å². The fourth-order valence-corrected chi connectivity index (χ4v) is 3.05. The maximum atomic E-state index is 12.1. The van der Waals surface area contributed by atoms with Gasteiger partial charge in [0.25, 0.3) is 0 Å². The maximum Gasteiger partial charge on any atom is 0.227 e. The average Bonchev–Trinajstić information content (AvgIpc) is 2.96. The smallest absolute Gasteiger partial charge is 0.227 e. The van der Waals surface area contributed by atoms with E-state index in [1.165, 1.54) is 6.42 Å². The topological polar surface area (TPSA) is 49.3 Å². The zero-order valence-electron chi connectivity index (χ0n) is 10.6. The highest BCUT2D eigenvalue weighted by molar-refractivity contribution is 5.92. The Morgan fingerprint density at radius 1 is 1.33 bits per heavy atom. The van der Waals surface area contributed by atoms with Crippen molar-refractivity contribution in [1.29, 1.82) is 0 Å². The summed E-state index contributed by atoms with van der Waals surface area (Å²) in [5.41, 5.74) is 1.63. The first-order chi connectivity index (χ1) is 8.63. The lowest BCUT2D eigenvalue weighted by atomic mass is 10.0. The number of rotatable bonds is 3. The van der Waals surface area contributed by atoms with Crippen LogP contribution >= 0.6 is 0 Å². The second-order valence-corrected chi connectivity index (χ2v) is 5.71. The van der Waals surface area contributed by atoms with E-state index in [0.29, 0.717) is 0 Å². The number of amides is 1. The largest absolute Gasteiger partial charge is 0.389 e. The van der Waals surface area contributed by atoms with Gasteiger partial charge in [-0.25, -0.2) is 0 Å². The summed E-state index contributed by atoms with van der Waals surface area (Å²) in [5.74, 6) is 1.99. The summed E-state index contributed by atoms with van der Waals surface area (Å²) in [4.78, 5) is 12.1. The molecule has 0 spiro atoms. The molecule has 3 rings (SSSR count). The number of carbonyl (C=O) groups is 1. The van der Waals surface area contributed by atoms with Crippen molar-refractivity contribution in [3.8, 4) is 0 Å². The molecule has 0 aromatic heterocycles. The van der Waals surface area contributed by atoms with Crippen molar-refractivity contribution in [3.05, 3.63) is 29.8 Å². The summed E-state index contributed by atoms with van der Waals surface area (Å²) in [6.07, 6.45) is 2.96. The molecule has 3 atom stereocenters. The third-order valence-corrected chi connectivity index (χ3v) is 4.25. The van der Waals surface area contributed by atoms with E-state index in [0.717, 1.165) is 35.9 Å². The van der Waals surface area contributed by atoms with Gasteiger partial charge in [-0.15, -0.1) is 0 Å². The Kier molecular flexibility index (Phi) is 2.86. The van der Waals surface area contributed by atoms with Crippen LogP contribution in [0.4, 0.5) is 5.69 Å². The number of fused-ring (bicyclic) bond motifs is 1. The number of carbonyl (C=O) groups excluding carboxylic acids is 1. The van der Waals surface area contributed by atoms with Gasteiger partial charge in [0.15, 0.2) is 0 Å². The summed E-state index contributed by atoms with van der Waals surface area (Å²) in [6, 6.07) is 7.45. The lowest BCUT2D eigenvalue weighted by Gasteiger charge is -2.13. The molecule has 1 amide bonds. The molecular formula is C15H19NO2. The van der Waals surface area contributed by atoms with Crippen molar-refractivity contribution in [1.82, 2.24) is 0 Å². The fraction of sp³-hybridized carbons (Fsp3) is 0.533. The molecule has 2 N–H and O–H groups in total. The summed E-state index contributed by atoms with van der Waals surface area (Å²) in [5, 5.41) is 12.5. The molecule has 0 aliphatic heterocycles. The highest BCUT2D eigenvalue weighted by Gasteiger charge is 2.47. The van der Waals surface area contributed by atoms with Crippen molar-refractivity contribution < 1.29 is 9.90 Å². The molecule has 3 heteroatoms. The van der Waals surface area contributed by atoms with E-state index in [9.17, 15) is 9.90 Å². The van der Waals surface area contributed by atoms with E-state index in [4.69, 9.17) is 0 Å². The molecule has 1 aromatic rings. The van der Waals surface area contributed by atoms with Gasteiger partial charge in [-0.1, -0.05) is 12.1 Å². The van der Waals surface area contributed by atoms with Crippen LogP contribution in [0.3, 0.4) is 0 Å². The van der Waals surface area contributed by atoms with Crippen molar-refractivity contribution >= 4 is 11.6 Å². The lowest BCUT2D eigenvalue weighted by Crippen LogP contribution is -2.21. The van der Waals surface area contributed by atoms with Gasteiger partial charge < -0.3 is 10.4 Å². The van der Waals surface area contributed by atoms with E-state index < -0.39 is 6.10 Å². The Bertz CT molecular complexity index is 459. The molecule has 2 saturated carbocycles. The normalized spacial score (nSPS) is 30.7. The van der Waals surface area contributed by atoms with Crippen LogP contribution in [0.5, 0.6) is 0 Å². The SMILES string of the molecule is CC(O)c1cccc(NC(=O)C2CC3CC3C2)c1. The maximum absolute atomic E-state index is 12.1. The third-order valence-electron chi connectivity index (χ3n) is 4.25. The van der Waals surface area contributed by atoms with Crippen molar-refractivity contribution in [2.75, 3.05) is 5.32 Å². The Balaban J connectivity index is 1.64. The van der Waals surface area contributed by atoms with Crippen LogP contribution in [0.15, 0.2) is 24.3 Å². The van der Waals surface area contributed by atoms with Crippen LogP contribution in [-0.4, -0.2) is 11.0 Å². The summed E-state index contributed by atoms with van der Waals surface area (Å²) < 4.78 is 0. The van der Waals surface area contributed by atoms with E-state index in [2.05, 4.69) is 5.32 Å². The van der Waals surface area contributed by atoms with Crippen molar-refractivity contribution in [2.24, 2.45) is 17.8 Å². The summed E-state index contributed by atoms with van der Waals surface area (Å²) in [7, 11) is 0. The van der Waals surface area contributed by atoms with Crippen molar-refractivity contribution in [2.45, 2.75) is 32.3 Å². The quantitative estimate of drug-likeness (QED) is 0.860. The number of aliphatic hydroxyl groups is 1. The molecule has 0 bridgehead atoms. The van der Waals surface area contributed by atoms with Gasteiger partial charge in [-0.3, -0.25) is 4.79 Å². The Labute approximate surface area is 107 Å². The standard InChI is InChI=1S/C15H19NO2/c1-9(17)10-3-2-4-14(8-10)16-15(18)13-6-11-5-12(11)7-13/h2-4,8-9,11-13,17H,5-7H2,1H3,(H,16,18). The van der Waals surface area contributed by atoms with Crippen LogP contribution in [-0.2, 0) is 4.79 Å². The molecular weight excluding hydrogens is 226 g/mol. The highest BCUT2D eigenvalue weighted by Crippen LogP contribution is 2.54. The molecule has 3 unspecified atom stereocenters. The van der Waals surface area contributed by atoms with E-state index in [1.54, 1.807) is 6.92 Å². The van der Waals surface area contributed by atoms with Crippen LogP contribution < -0.4 is 5.32 Å². The van der Waals surface area contributed by atoms with E-state index in [-0.39, 0.29) is 11.8 Å². The minimum absolute atomic E-state index is 0.143. The van der Waals surface area contributed by atoms with Crippen molar-refractivity contribution in [3.63, 3.8) is 0 Å². The average molecular weight is 245 g/mol. The zero-order chi connectivity index (χ0) is 12.7. The molecule has 18 heavy (non-hydrogen) atoms. The predicted octanol–water partition coefficient (Wildman–Crippen LogP) is 2.72. The predicted molar refractivity (Wildman–Crippen MR) is 70.0 cm³/mol. The first-order valence-corrected chi connectivity index (χ1v) is 6.72. The molecule has 1 aromatic carbocycles. The number of anilines is 1. The van der Waals surface area contributed by atoms with Gasteiger partial charge in [-0.2, -0.15) is 0 Å². The number of aliphatic hydroxyl groups excluding tert-OH is 1. The first-order valence-electron chi connectivity index (χ1n) is 6.72. The zero-order valence-corrected chi connectivity index (χ0v) is 10.6. The third kappa shape index (κ3) is 2.27. The molecule has 2 fully saturated rings. The van der Waals surface area contributed by atoms with Crippen LogP contribution in [0.25, 0.3) is 0 Å². The van der Waals surface area contributed by atoms with Crippen LogP contribution in [0, 0.1) is 17.8 Å². The first kappa shape index (κ1) is 11.7. The molecule has 0 heterocycles. The monoisotopic (exact) mass is 245 g/mol. The minimum Gasteiger partial charge on any atom is -0.389 e. The van der Waals surface area contributed by atoms with Gasteiger partial charge in [0.1, 0.15) is 0 Å². The lowest BCUT2D eigenvalue weighted by molar-refractivity contribution is -0.120. The van der Waals surface area contributed by atoms with Crippen LogP contribution in [0.2, 0.25) is 0 Å². The molecule has 2 aliphatic carbocycles. The van der Waals surface area contributed by atoms with Gasteiger partial charge in [0, 0.05) is 11.6 Å². The Morgan fingerprint density at radius 3 is 2.72 bits per heavy atom. The molecule has 0 radical (unpaired) electrons. The van der Waals surface area contributed by atoms with Gasteiger partial charge in [-0.05, 0) is 55.7 Å².